The maximum absolute atomic E-state index is 12.9. The largest absolute Gasteiger partial charge is 0.380 e. The van der Waals surface area contributed by atoms with Crippen LogP contribution >= 0.6 is 0 Å². The number of amides is 1. The number of carbonyl (C=O) groups is 1. The van der Waals surface area contributed by atoms with Crippen LogP contribution in [0.2, 0.25) is 0 Å². The van der Waals surface area contributed by atoms with E-state index in [1.165, 1.54) is 12.8 Å². The Balaban J connectivity index is 1.56. The molecule has 5 nitrogen and oxygen atoms in total. The quantitative estimate of drug-likeness (QED) is 0.873. The van der Waals surface area contributed by atoms with Crippen LogP contribution in [0, 0.1) is 12.8 Å². The van der Waals surface area contributed by atoms with Gasteiger partial charge in [-0.25, -0.2) is 4.98 Å². The van der Waals surface area contributed by atoms with E-state index in [0.717, 1.165) is 36.5 Å². The molecule has 0 spiro atoms. The number of rotatable bonds is 3. The highest BCUT2D eigenvalue weighted by Gasteiger charge is 2.38. The lowest BCUT2D eigenvalue weighted by atomic mass is 10.1. The molecule has 1 aliphatic carbocycles. The van der Waals surface area contributed by atoms with Gasteiger partial charge in [0.25, 0.3) is 0 Å². The van der Waals surface area contributed by atoms with Gasteiger partial charge < -0.3 is 14.0 Å². The fourth-order valence-corrected chi connectivity index (χ4v) is 3.66. The van der Waals surface area contributed by atoms with Crippen molar-refractivity contribution in [2.24, 2.45) is 5.92 Å². The Morgan fingerprint density at radius 1 is 1.35 bits per heavy atom. The predicted octanol–water partition coefficient (Wildman–Crippen LogP) is 2.21. The smallest absolute Gasteiger partial charge is 0.228 e. The van der Waals surface area contributed by atoms with Crippen molar-refractivity contribution >= 4 is 11.6 Å². The van der Waals surface area contributed by atoms with Crippen LogP contribution < -0.4 is 0 Å². The Morgan fingerprint density at radius 3 is 3.04 bits per heavy atom. The van der Waals surface area contributed by atoms with Crippen molar-refractivity contribution in [1.82, 2.24) is 14.3 Å². The average Bonchev–Trinajstić information content (AvgIpc) is 3.33. The van der Waals surface area contributed by atoms with E-state index in [-0.39, 0.29) is 5.91 Å². The summed E-state index contributed by atoms with van der Waals surface area (Å²) in [5.41, 5.74) is 3.03. The minimum Gasteiger partial charge on any atom is -0.380 e. The van der Waals surface area contributed by atoms with Crippen molar-refractivity contribution < 1.29 is 9.53 Å². The van der Waals surface area contributed by atoms with Crippen LogP contribution in [-0.2, 0) is 16.0 Å². The molecule has 1 unspecified atom stereocenters. The lowest BCUT2D eigenvalue weighted by Crippen LogP contribution is -2.43. The molecule has 1 atom stereocenters. The Labute approximate surface area is 136 Å². The Morgan fingerprint density at radius 2 is 2.22 bits per heavy atom. The number of ether oxygens (including phenoxy) is 1. The summed E-state index contributed by atoms with van der Waals surface area (Å²) in [6, 6.07) is 4.42. The molecule has 1 amide bonds. The zero-order valence-electron chi connectivity index (χ0n) is 13.6. The Kier molecular flexibility index (Phi) is 3.81. The number of nitrogens with zero attached hydrogens (tertiary/aromatic N) is 3. The second-order valence-electron chi connectivity index (χ2n) is 6.70. The third-order valence-corrected chi connectivity index (χ3v) is 5.06. The van der Waals surface area contributed by atoms with E-state index >= 15 is 0 Å². The van der Waals surface area contributed by atoms with Gasteiger partial charge in [-0.3, -0.25) is 4.79 Å². The molecule has 1 saturated heterocycles. The molecule has 2 fully saturated rings. The number of aryl methyl sites for hydroxylation is 1. The lowest BCUT2D eigenvalue weighted by molar-refractivity contribution is -0.133. The molecule has 4 rings (SSSR count). The highest BCUT2D eigenvalue weighted by atomic mass is 16.5. The van der Waals surface area contributed by atoms with Crippen molar-refractivity contribution in [2.75, 3.05) is 19.8 Å². The van der Waals surface area contributed by atoms with Crippen LogP contribution in [0.5, 0.6) is 0 Å². The normalized spacial score (nSPS) is 22.3. The monoisotopic (exact) mass is 313 g/mol. The minimum absolute atomic E-state index is 0.204. The van der Waals surface area contributed by atoms with Gasteiger partial charge in [0.15, 0.2) is 0 Å². The lowest BCUT2D eigenvalue weighted by Gasteiger charge is -2.29. The first-order valence-corrected chi connectivity index (χ1v) is 8.53. The van der Waals surface area contributed by atoms with Gasteiger partial charge in [-0.05, 0) is 43.7 Å². The number of hydrogen-bond donors (Lipinski definition) is 0. The van der Waals surface area contributed by atoms with Gasteiger partial charge in [0.1, 0.15) is 5.65 Å². The molecule has 0 aromatic carbocycles. The Hall–Kier alpha value is -1.88. The number of hydrogen-bond acceptors (Lipinski definition) is 3. The topological polar surface area (TPSA) is 46.8 Å². The zero-order chi connectivity index (χ0) is 15.8. The van der Waals surface area contributed by atoms with Crippen LogP contribution in [0.4, 0.5) is 0 Å². The summed E-state index contributed by atoms with van der Waals surface area (Å²) in [6.45, 7) is 4.19. The summed E-state index contributed by atoms with van der Waals surface area (Å²) >= 11 is 0. The maximum Gasteiger partial charge on any atom is 0.228 e. The first kappa shape index (κ1) is 14.7. The number of fused-ring (bicyclic) bond motifs is 1. The SMILES string of the molecule is Cc1cccn2c(CC(=O)N3CCOCCC3C3CC3)cnc12. The molecule has 122 valence electrons. The average molecular weight is 313 g/mol. The van der Waals surface area contributed by atoms with E-state index < -0.39 is 0 Å². The summed E-state index contributed by atoms with van der Waals surface area (Å²) in [5, 5.41) is 0. The van der Waals surface area contributed by atoms with Crippen molar-refractivity contribution in [3.8, 4) is 0 Å². The first-order valence-electron chi connectivity index (χ1n) is 8.53. The highest BCUT2D eigenvalue weighted by molar-refractivity contribution is 5.79. The maximum atomic E-state index is 12.9. The number of pyridine rings is 1. The second kappa shape index (κ2) is 5.96. The fourth-order valence-electron chi connectivity index (χ4n) is 3.66. The van der Waals surface area contributed by atoms with Gasteiger partial charge >= 0.3 is 0 Å². The molecule has 0 N–H and O–H groups in total. The van der Waals surface area contributed by atoms with Crippen LogP contribution in [0.25, 0.3) is 5.65 Å². The van der Waals surface area contributed by atoms with E-state index in [4.69, 9.17) is 4.74 Å². The summed E-state index contributed by atoms with van der Waals surface area (Å²) in [6.07, 6.45) is 7.71. The molecule has 23 heavy (non-hydrogen) atoms. The minimum atomic E-state index is 0.204. The fraction of sp³-hybridized carbons (Fsp3) is 0.556. The molecule has 5 heteroatoms. The van der Waals surface area contributed by atoms with Crippen molar-refractivity contribution in [3.63, 3.8) is 0 Å². The van der Waals surface area contributed by atoms with E-state index in [2.05, 4.69) is 9.88 Å². The molecule has 3 heterocycles. The molecular formula is C18H23N3O2. The summed E-state index contributed by atoms with van der Waals surface area (Å²) < 4.78 is 7.63. The third-order valence-electron chi connectivity index (χ3n) is 5.06. The van der Waals surface area contributed by atoms with Crippen molar-refractivity contribution in [1.29, 1.82) is 0 Å². The first-order chi connectivity index (χ1) is 11.2. The Bertz CT molecular complexity index is 720. The predicted molar refractivity (Wildman–Crippen MR) is 87.3 cm³/mol. The van der Waals surface area contributed by atoms with Crippen LogP contribution in [-0.4, -0.2) is 46.0 Å². The van der Waals surface area contributed by atoms with Gasteiger partial charge in [-0.2, -0.15) is 0 Å². The molecule has 2 aliphatic rings. The van der Waals surface area contributed by atoms with Crippen molar-refractivity contribution in [2.45, 2.75) is 38.6 Å². The van der Waals surface area contributed by atoms with Gasteiger partial charge in [-0.1, -0.05) is 6.07 Å². The molecular weight excluding hydrogens is 290 g/mol. The number of carbonyl (C=O) groups excluding carboxylic acids is 1. The number of imidazole rings is 1. The summed E-state index contributed by atoms with van der Waals surface area (Å²) in [4.78, 5) is 19.5. The van der Waals surface area contributed by atoms with E-state index in [0.29, 0.717) is 25.0 Å². The number of aromatic nitrogens is 2. The standard InChI is InChI=1S/C18H23N3O2/c1-13-3-2-7-20-15(12-19-18(13)20)11-17(22)21-8-10-23-9-6-16(21)14-4-5-14/h2-3,7,12,14,16H,4-6,8-11H2,1H3. The van der Waals surface area contributed by atoms with Crippen LogP contribution in [0.3, 0.4) is 0 Å². The third kappa shape index (κ3) is 2.85. The van der Waals surface area contributed by atoms with E-state index in [1.54, 1.807) is 0 Å². The van der Waals surface area contributed by atoms with E-state index in [9.17, 15) is 4.79 Å². The van der Waals surface area contributed by atoms with Gasteiger partial charge in [0.05, 0.1) is 18.7 Å². The molecule has 1 saturated carbocycles. The molecule has 2 aromatic heterocycles. The molecule has 0 radical (unpaired) electrons. The van der Waals surface area contributed by atoms with Gasteiger partial charge in [0, 0.05) is 31.6 Å². The summed E-state index contributed by atoms with van der Waals surface area (Å²) in [7, 11) is 0. The van der Waals surface area contributed by atoms with Gasteiger partial charge in [-0.15, -0.1) is 0 Å². The molecule has 0 bridgehead atoms. The zero-order valence-corrected chi connectivity index (χ0v) is 13.6. The molecule has 2 aromatic rings. The van der Waals surface area contributed by atoms with Crippen LogP contribution in [0.15, 0.2) is 24.5 Å². The van der Waals surface area contributed by atoms with Gasteiger partial charge in [0.2, 0.25) is 5.91 Å². The second-order valence-corrected chi connectivity index (χ2v) is 6.70. The van der Waals surface area contributed by atoms with Crippen LogP contribution in [0.1, 0.15) is 30.5 Å². The van der Waals surface area contributed by atoms with E-state index in [1.807, 2.05) is 35.9 Å². The highest BCUT2D eigenvalue weighted by Crippen LogP contribution is 2.37. The summed E-state index contributed by atoms with van der Waals surface area (Å²) in [5.74, 6) is 0.890. The van der Waals surface area contributed by atoms with Crippen molar-refractivity contribution in [3.05, 3.63) is 35.8 Å². The molecule has 1 aliphatic heterocycles.